The first-order valence-corrected chi connectivity index (χ1v) is 7.52. The summed E-state index contributed by atoms with van der Waals surface area (Å²) in [6, 6.07) is 8.26. The van der Waals surface area contributed by atoms with Crippen molar-refractivity contribution in [2.75, 3.05) is 6.61 Å². The van der Waals surface area contributed by atoms with Gasteiger partial charge in [-0.1, -0.05) is 50.8 Å². The van der Waals surface area contributed by atoms with Gasteiger partial charge in [-0.2, -0.15) is 8.42 Å². The van der Waals surface area contributed by atoms with Gasteiger partial charge in [0.1, 0.15) is 0 Å². The summed E-state index contributed by atoms with van der Waals surface area (Å²) in [7, 11) is -3.55. The van der Waals surface area contributed by atoms with E-state index in [1.807, 2.05) is 0 Å². The molecule has 18 heavy (non-hydrogen) atoms. The fraction of sp³-hybridized carbons (Fsp3) is 0.538. The fourth-order valence-corrected chi connectivity index (χ4v) is 2.49. The van der Waals surface area contributed by atoms with Gasteiger partial charge < -0.3 is 0 Å². The molecule has 0 aliphatic carbocycles. The van der Waals surface area contributed by atoms with Crippen LogP contribution in [0.4, 0.5) is 0 Å². The van der Waals surface area contributed by atoms with Gasteiger partial charge in [-0.25, -0.2) is 0 Å². The van der Waals surface area contributed by atoms with Crippen LogP contribution in [0.5, 0.6) is 0 Å². The summed E-state index contributed by atoms with van der Waals surface area (Å²) in [6.07, 6.45) is 5.35. The molecule has 0 heterocycles. The standard InChI is InChI=1S/C13H20O3S.Na/c1-2-3-4-5-9-12-16-17(14,15)13-10-7-6-8-11-13;/h6-8,10-11H,2-5,9,12H2,1H3;. The van der Waals surface area contributed by atoms with Crippen LogP contribution in [-0.2, 0) is 14.3 Å². The molecule has 1 rings (SSSR count). The van der Waals surface area contributed by atoms with Crippen molar-refractivity contribution in [1.82, 2.24) is 0 Å². The minimum atomic E-state index is -3.55. The van der Waals surface area contributed by atoms with Gasteiger partial charge in [0.25, 0.3) is 10.1 Å². The van der Waals surface area contributed by atoms with Crippen molar-refractivity contribution in [3.8, 4) is 0 Å². The predicted octanol–water partition coefficient (Wildman–Crippen LogP) is 2.98. The molecule has 0 fully saturated rings. The quantitative estimate of drug-likeness (QED) is 0.417. The van der Waals surface area contributed by atoms with E-state index in [4.69, 9.17) is 4.18 Å². The van der Waals surface area contributed by atoms with Crippen molar-refractivity contribution in [1.29, 1.82) is 0 Å². The van der Waals surface area contributed by atoms with E-state index in [-0.39, 0.29) is 41.1 Å². The monoisotopic (exact) mass is 279 g/mol. The van der Waals surface area contributed by atoms with Crippen LogP contribution >= 0.6 is 0 Å². The second-order valence-corrected chi connectivity index (χ2v) is 5.62. The molecule has 0 atom stereocenters. The number of hydrogen-bond acceptors (Lipinski definition) is 3. The maximum absolute atomic E-state index is 11.7. The molecule has 3 nitrogen and oxygen atoms in total. The Hall–Kier alpha value is 0.130. The third-order valence-corrected chi connectivity index (χ3v) is 3.84. The molecular formula is C13H20NaO3S. The zero-order chi connectivity index (χ0) is 12.6. The minimum absolute atomic E-state index is 0. The minimum Gasteiger partial charge on any atom is -0.266 e. The van der Waals surface area contributed by atoms with Crippen LogP contribution in [0.3, 0.4) is 0 Å². The summed E-state index contributed by atoms with van der Waals surface area (Å²) >= 11 is 0. The SMILES string of the molecule is CCCCCCCOS(=O)(=O)c1ccccc1.[Na]. The van der Waals surface area contributed by atoms with Crippen molar-refractivity contribution in [3.63, 3.8) is 0 Å². The first kappa shape index (κ1) is 18.1. The Morgan fingerprint density at radius 1 is 1.00 bits per heavy atom. The maximum Gasteiger partial charge on any atom is 0.296 e. The molecule has 5 heteroatoms. The van der Waals surface area contributed by atoms with Gasteiger partial charge in [0, 0.05) is 29.6 Å². The van der Waals surface area contributed by atoms with E-state index in [9.17, 15) is 8.42 Å². The zero-order valence-corrected chi connectivity index (χ0v) is 14.1. The van der Waals surface area contributed by atoms with Crippen LogP contribution in [0, 0.1) is 0 Å². The Kier molecular flexibility index (Phi) is 10.1. The summed E-state index contributed by atoms with van der Waals surface area (Å²) in [6.45, 7) is 2.43. The summed E-state index contributed by atoms with van der Waals surface area (Å²) in [5.74, 6) is 0. The molecule has 0 unspecified atom stereocenters. The van der Waals surface area contributed by atoms with Gasteiger partial charge in [-0.05, 0) is 18.6 Å². The van der Waals surface area contributed by atoms with Gasteiger partial charge >= 0.3 is 0 Å². The molecular weight excluding hydrogens is 259 g/mol. The maximum atomic E-state index is 11.7. The van der Waals surface area contributed by atoms with E-state index in [0.29, 0.717) is 0 Å². The Labute approximate surface area is 132 Å². The Balaban J connectivity index is 0.00000289. The van der Waals surface area contributed by atoms with E-state index in [2.05, 4.69) is 6.92 Å². The van der Waals surface area contributed by atoms with E-state index in [1.54, 1.807) is 30.3 Å². The third kappa shape index (κ3) is 6.90. The van der Waals surface area contributed by atoms with E-state index in [0.717, 1.165) is 19.3 Å². The van der Waals surface area contributed by atoms with Crippen molar-refractivity contribution in [3.05, 3.63) is 30.3 Å². The second kappa shape index (κ2) is 9.98. The average Bonchev–Trinajstić information content (AvgIpc) is 2.35. The van der Waals surface area contributed by atoms with Crippen molar-refractivity contribution < 1.29 is 12.6 Å². The molecule has 0 spiro atoms. The molecule has 0 aliphatic rings. The summed E-state index contributed by atoms with van der Waals surface area (Å²) in [4.78, 5) is 0.230. The number of benzene rings is 1. The summed E-state index contributed by atoms with van der Waals surface area (Å²) in [5, 5.41) is 0. The van der Waals surface area contributed by atoms with Crippen molar-refractivity contribution in [2.45, 2.75) is 43.9 Å². The smallest absolute Gasteiger partial charge is 0.266 e. The first-order valence-electron chi connectivity index (χ1n) is 6.11. The second-order valence-electron chi connectivity index (χ2n) is 4.00. The van der Waals surface area contributed by atoms with Crippen LogP contribution < -0.4 is 0 Å². The van der Waals surface area contributed by atoms with Crippen LogP contribution in [0.15, 0.2) is 35.2 Å². The topological polar surface area (TPSA) is 43.4 Å². The van der Waals surface area contributed by atoms with Crippen molar-refractivity contribution >= 4 is 39.7 Å². The fourth-order valence-electron chi connectivity index (χ4n) is 1.53. The Bertz CT molecular complexity index is 404. The Morgan fingerprint density at radius 3 is 2.22 bits per heavy atom. The molecule has 1 aromatic rings. The molecule has 0 aromatic heterocycles. The normalized spacial score (nSPS) is 10.9. The van der Waals surface area contributed by atoms with Gasteiger partial charge in [0.05, 0.1) is 11.5 Å². The summed E-state index contributed by atoms with van der Waals surface area (Å²) < 4.78 is 28.4. The predicted molar refractivity (Wildman–Crippen MR) is 74.1 cm³/mol. The van der Waals surface area contributed by atoms with E-state index in [1.165, 1.54) is 12.8 Å². The largest absolute Gasteiger partial charge is 0.296 e. The molecule has 0 saturated carbocycles. The molecule has 0 aliphatic heterocycles. The average molecular weight is 279 g/mol. The number of hydrogen-bond donors (Lipinski definition) is 0. The van der Waals surface area contributed by atoms with Gasteiger partial charge in [-0.15, -0.1) is 0 Å². The number of rotatable bonds is 8. The van der Waals surface area contributed by atoms with E-state index < -0.39 is 10.1 Å². The van der Waals surface area contributed by atoms with Gasteiger partial charge in [0.2, 0.25) is 0 Å². The van der Waals surface area contributed by atoms with Crippen LogP contribution in [0.1, 0.15) is 39.0 Å². The Morgan fingerprint density at radius 2 is 1.61 bits per heavy atom. The molecule has 0 saturated heterocycles. The van der Waals surface area contributed by atoms with Crippen LogP contribution in [0.2, 0.25) is 0 Å². The number of unbranched alkanes of at least 4 members (excludes halogenated alkanes) is 4. The van der Waals surface area contributed by atoms with E-state index >= 15 is 0 Å². The van der Waals surface area contributed by atoms with Gasteiger partial charge in [0.15, 0.2) is 0 Å². The molecule has 1 aromatic carbocycles. The summed E-state index contributed by atoms with van der Waals surface area (Å²) in [5.41, 5.74) is 0. The molecule has 0 bridgehead atoms. The van der Waals surface area contributed by atoms with Crippen LogP contribution in [-0.4, -0.2) is 44.6 Å². The zero-order valence-electron chi connectivity index (χ0n) is 11.3. The molecule has 0 N–H and O–H groups in total. The molecule has 1 radical (unpaired) electrons. The van der Waals surface area contributed by atoms with Crippen molar-refractivity contribution in [2.24, 2.45) is 0 Å². The molecule has 97 valence electrons. The third-order valence-electron chi connectivity index (χ3n) is 2.52. The van der Waals surface area contributed by atoms with Crippen LogP contribution in [0.25, 0.3) is 0 Å². The molecule has 0 amide bonds. The first-order chi connectivity index (χ1) is 8.17. The van der Waals surface area contributed by atoms with Gasteiger partial charge in [-0.3, -0.25) is 4.18 Å².